The summed E-state index contributed by atoms with van der Waals surface area (Å²) in [5.41, 5.74) is 2.87. The zero-order valence-corrected chi connectivity index (χ0v) is 16.9. The second-order valence-electron chi connectivity index (χ2n) is 6.85. The number of nitrogens with zero attached hydrogens (tertiary/aromatic N) is 3. The molecule has 1 heterocycles. The summed E-state index contributed by atoms with van der Waals surface area (Å²) in [4.78, 5) is 14.4. The molecule has 1 atom stereocenters. The minimum atomic E-state index is -0.154. The Balaban J connectivity index is 1.62. The molecule has 0 bridgehead atoms. The van der Waals surface area contributed by atoms with Crippen molar-refractivity contribution in [3.63, 3.8) is 0 Å². The molecule has 1 N–H and O–H groups in total. The molecule has 0 fully saturated rings. The van der Waals surface area contributed by atoms with Crippen molar-refractivity contribution in [2.45, 2.75) is 6.04 Å². The van der Waals surface area contributed by atoms with Gasteiger partial charge in [-0.1, -0.05) is 36.4 Å². The van der Waals surface area contributed by atoms with Crippen LogP contribution in [0.25, 0.3) is 11.8 Å². The zero-order valence-electron chi connectivity index (χ0n) is 16.9. The molecule has 0 aliphatic heterocycles. The van der Waals surface area contributed by atoms with Gasteiger partial charge < -0.3 is 15.0 Å². The zero-order chi connectivity index (χ0) is 20.6. The van der Waals surface area contributed by atoms with Crippen LogP contribution >= 0.6 is 0 Å². The first kappa shape index (κ1) is 20.4. The fraction of sp³-hybridized carbons (Fsp3) is 0.217. The van der Waals surface area contributed by atoms with E-state index in [1.54, 1.807) is 24.1 Å². The maximum Gasteiger partial charge on any atom is 0.244 e. The highest BCUT2D eigenvalue weighted by atomic mass is 16.5. The molecule has 6 heteroatoms. The number of rotatable bonds is 8. The number of para-hydroxylation sites is 2. The molecule has 150 valence electrons. The Hall–Kier alpha value is -3.38. The number of amides is 1. The van der Waals surface area contributed by atoms with Crippen molar-refractivity contribution < 1.29 is 9.53 Å². The second-order valence-corrected chi connectivity index (χ2v) is 6.85. The van der Waals surface area contributed by atoms with Gasteiger partial charge in [-0.05, 0) is 38.4 Å². The van der Waals surface area contributed by atoms with Gasteiger partial charge in [0, 0.05) is 29.9 Å². The lowest BCUT2D eigenvalue weighted by atomic mass is 10.0. The van der Waals surface area contributed by atoms with Crippen molar-refractivity contribution >= 4 is 12.0 Å². The fourth-order valence-electron chi connectivity index (χ4n) is 3.09. The lowest BCUT2D eigenvalue weighted by molar-refractivity contribution is -0.116. The Bertz CT molecular complexity index is 964. The van der Waals surface area contributed by atoms with Gasteiger partial charge in [-0.25, -0.2) is 4.68 Å². The van der Waals surface area contributed by atoms with E-state index in [9.17, 15) is 4.79 Å². The van der Waals surface area contributed by atoms with Crippen LogP contribution in [0.5, 0.6) is 5.75 Å². The third kappa shape index (κ3) is 5.33. The fourth-order valence-corrected chi connectivity index (χ4v) is 3.09. The number of methoxy groups -OCH3 is 1. The van der Waals surface area contributed by atoms with Crippen molar-refractivity contribution in [2.75, 3.05) is 27.7 Å². The van der Waals surface area contributed by atoms with Crippen molar-refractivity contribution in [3.05, 3.63) is 84.2 Å². The molecular formula is C23H26N4O2. The normalized spacial score (nSPS) is 12.3. The molecular weight excluding hydrogens is 364 g/mol. The van der Waals surface area contributed by atoms with Crippen LogP contribution in [-0.4, -0.2) is 48.3 Å². The Morgan fingerprint density at radius 1 is 1.17 bits per heavy atom. The first-order valence-corrected chi connectivity index (χ1v) is 9.44. The molecule has 1 unspecified atom stereocenters. The summed E-state index contributed by atoms with van der Waals surface area (Å²) < 4.78 is 7.24. The molecule has 6 nitrogen and oxygen atoms in total. The Morgan fingerprint density at radius 3 is 2.62 bits per heavy atom. The van der Waals surface area contributed by atoms with E-state index in [2.05, 4.69) is 15.3 Å². The number of carbonyl (C=O) groups is 1. The van der Waals surface area contributed by atoms with Gasteiger partial charge in [-0.2, -0.15) is 5.10 Å². The lowest BCUT2D eigenvalue weighted by Gasteiger charge is -2.26. The van der Waals surface area contributed by atoms with Crippen molar-refractivity contribution in [1.29, 1.82) is 0 Å². The molecule has 0 aliphatic carbocycles. The van der Waals surface area contributed by atoms with E-state index < -0.39 is 0 Å². The summed E-state index contributed by atoms with van der Waals surface area (Å²) in [5.74, 6) is 0.656. The molecule has 2 aromatic carbocycles. The van der Waals surface area contributed by atoms with Crippen LogP contribution in [0, 0.1) is 0 Å². The van der Waals surface area contributed by atoms with E-state index in [1.807, 2.05) is 74.9 Å². The molecule has 29 heavy (non-hydrogen) atoms. The third-order valence-electron chi connectivity index (χ3n) is 4.64. The highest BCUT2D eigenvalue weighted by Gasteiger charge is 2.18. The van der Waals surface area contributed by atoms with Gasteiger partial charge in [-0.3, -0.25) is 4.79 Å². The molecule has 1 aromatic heterocycles. The predicted molar refractivity (Wildman–Crippen MR) is 115 cm³/mol. The first-order chi connectivity index (χ1) is 14.1. The van der Waals surface area contributed by atoms with Gasteiger partial charge in [0.2, 0.25) is 5.91 Å². The Kier molecular flexibility index (Phi) is 6.81. The Labute approximate surface area is 171 Å². The van der Waals surface area contributed by atoms with E-state index in [4.69, 9.17) is 4.74 Å². The van der Waals surface area contributed by atoms with Crippen molar-refractivity contribution in [1.82, 2.24) is 20.0 Å². The number of likely N-dealkylation sites (N-methyl/N-ethyl adjacent to an activating group) is 1. The summed E-state index contributed by atoms with van der Waals surface area (Å²) in [6, 6.07) is 17.7. The minimum Gasteiger partial charge on any atom is -0.496 e. The standard InChI is InChI=1S/C23H26N4O2/c1-26(2)21(20-11-7-8-12-22(20)29-3)16-24-23(28)14-13-18-15-25-27(17-18)19-9-5-4-6-10-19/h4-15,17,21H,16H2,1-3H3,(H,24,28)/b14-13+. The van der Waals surface area contributed by atoms with Gasteiger partial charge in [0.15, 0.2) is 0 Å². The number of hydrogen-bond acceptors (Lipinski definition) is 4. The van der Waals surface area contributed by atoms with Gasteiger partial charge in [0.25, 0.3) is 0 Å². The topological polar surface area (TPSA) is 59.4 Å². The quantitative estimate of drug-likeness (QED) is 0.600. The van der Waals surface area contributed by atoms with Gasteiger partial charge >= 0.3 is 0 Å². The average molecular weight is 390 g/mol. The molecule has 0 saturated carbocycles. The van der Waals surface area contributed by atoms with Gasteiger partial charge in [0.1, 0.15) is 5.75 Å². The smallest absolute Gasteiger partial charge is 0.244 e. The molecule has 0 radical (unpaired) electrons. The van der Waals surface area contributed by atoms with Crippen LogP contribution in [-0.2, 0) is 4.79 Å². The van der Waals surface area contributed by atoms with Crippen LogP contribution < -0.4 is 10.1 Å². The number of aromatic nitrogens is 2. The minimum absolute atomic E-state index is 0.00401. The monoisotopic (exact) mass is 390 g/mol. The summed E-state index contributed by atoms with van der Waals surface area (Å²) in [6.45, 7) is 0.472. The summed E-state index contributed by atoms with van der Waals surface area (Å²) in [7, 11) is 5.62. The number of hydrogen-bond donors (Lipinski definition) is 1. The summed E-state index contributed by atoms with van der Waals surface area (Å²) in [5, 5.41) is 7.31. The maximum absolute atomic E-state index is 12.3. The molecule has 0 spiro atoms. The van der Waals surface area contributed by atoms with Crippen LogP contribution in [0.15, 0.2) is 73.1 Å². The van der Waals surface area contributed by atoms with Crippen LogP contribution in [0.4, 0.5) is 0 Å². The van der Waals surface area contributed by atoms with Crippen molar-refractivity contribution in [2.24, 2.45) is 0 Å². The Morgan fingerprint density at radius 2 is 1.90 bits per heavy atom. The number of nitrogens with one attached hydrogen (secondary N) is 1. The number of carbonyl (C=O) groups excluding carboxylic acids is 1. The predicted octanol–water partition coefficient (Wildman–Crippen LogP) is 3.31. The SMILES string of the molecule is COc1ccccc1C(CNC(=O)/C=C/c1cnn(-c2ccccc2)c1)N(C)C. The third-order valence-corrected chi connectivity index (χ3v) is 4.64. The molecule has 0 saturated heterocycles. The first-order valence-electron chi connectivity index (χ1n) is 9.44. The summed E-state index contributed by atoms with van der Waals surface area (Å²) >= 11 is 0. The molecule has 1 amide bonds. The van der Waals surface area contributed by atoms with E-state index in [0.717, 1.165) is 22.6 Å². The highest BCUT2D eigenvalue weighted by molar-refractivity contribution is 5.91. The largest absolute Gasteiger partial charge is 0.496 e. The van der Waals surface area contributed by atoms with Gasteiger partial charge in [0.05, 0.1) is 25.0 Å². The molecule has 0 aliphatic rings. The second kappa shape index (κ2) is 9.71. The van der Waals surface area contributed by atoms with Gasteiger partial charge in [-0.15, -0.1) is 0 Å². The van der Waals surface area contributed by atoms with E-state index in [0.29, 0.717) is 6.54 Å². The van der Waals surface area contributed by atoms with Crippen LogP contribution in [0.1, 0.15) is 17.2 Å². The van der Waals surface area contributed by atoms with Crippen LogP contribution in [0.2, 0.25) is 0 Å². The number of ether oxygens (including phenoxy) is 1. The maximum atomic E-state index is 12.3. The molecule has 3 rings (SSSR count). The lowest BCUT2D eigenvalue weighted by Crippen LogP contribution is -2.33. The summed E-state index contributed by atoms with van der Waals surface area (Å²) in [6.07, 6.45) is 6.90. The van der Waals surface area contributed by atoms with E-state index in [1.165, 1.54) is 6.08 Å². The highest BCUT2D eigenvalue weighted by Crippen LogP contribution is 2.27. The average Bonchev–Trinajstić information content (AvgIpc) is 3.22. The molecule has 3 aromatic rings. The van der Waals surface area contributed by atoms with E-state index >= 15 is 0 Å². The number of benzene rings is 2. The van der Waals surface area contributed by atoms with E-state index in [-0.39, 0.29) is 11.9 Å². The van der Waals surface area contributed by atoms with Crippen LogP contribution in [0.3, 0.4) is 0 Å². The van der Waals surface area contributed by atoms with Crippen molar-refractivity contribution in [3.8, 4) is 11.4 Å².